The third-order valence-corrected chi connectivity index (χ3v) is 3.62. The Morgan fingerprint density at radius 2 is 1.96 bits per heavy atom. The van der Waals surface area contributed by atoms with Gasteiger partial charge < -0.3 is 19.3 Å². The molecule has 23 heavy (non-hydrogen) atoms. The molecule has 0 aliphatic carbocycles. The predicted molar refractivity (Wildman–Crippen MR) is 83.2 cm³/mol. The van der Waals surface area contributed by atoms with Crippen molar-refractivity contribution in [2.75, 3.05) is 44.9 Å². The van der Waals surface area contributed by atoms with Gasteiger partial charge in [-0.3, -0.25) is 9.59 Å². The van der Waals surface area contributed by atoms with E-state index < -0.39 is 5.97 Å². The lowest BCUT2D eigenvalue weighted by molar-refractivity contribution is -0.134. The van der Waals surface area contributed by atoms with Crippen LogP contribution in [0, 0.1) is 0 Å². The van der Waals surface area contributed by atoms with Crippen LogP contribution in [0.4, 0.5) is 5.69 Å². The number of ether oxygens (including phenoxy) is 2. The van der Waals surface area contributed by atoms with E-state index >= 15 is 0 Å². The number of anilines is 1. The third kappa shape index (κ3) is 4.29. The van der Waals surface area contributed by atoms with Gasteiger partial charge in [-0.2, -0.15) is 0 Å². The number of nitrogens with zero attached hydrogens (tertiary/aromatic N) is 2. The zero-order valence-electron chi connectivity index (χ0n) is 13.3. The average molecular weight is 320 g/mol. The Hall–Kier alpha value is -2.41. The molecule has 0 radical (unpaired) electrons. The van der Waals surface area contributed by atoms with Crippen molar-refractivity contribution in [1.29, 1.82) is 0 Å². The molecule has 1 aromatic carbocycles. The monoisotopic (exact) mass is 320 g/mol. The predicted octanol–water partition coefficient (Wildman–Crippen LogP) is 0.685. The molecule has 1 fully saturated rings. The summed E-state index contributed by atoms with van der Waals surface area (Å²) in [5.74, 6) is -0.907. The second-order valence-corrected chi connectivity index (χ2v) is 5.14. The number of methoxy groups -OCH3 is 1. The van der Waals surface area contributed by atoms with E-state index in [1.807, 2.05) is 0 Å². The van der Waals surface area contributed by atoms with Gasteiger partial charge in [-0.05, 0) is 18.2 Å². The Bertz CT molecular complexity index is 596. The molecule has 2 amide bonds. The van der Waals surface area contributed by atoms with E-state index in [2.05, 4.69) is 4.74 Å². The van der Waals surface area contributed by atoms with E-state index in [0.29, 0.717) is 37.6 Å². The van der Waals surface area contributed by atoms with Gasteiger partial charge >= 0.3 is 5.97 Å². The number of carbonyl (C=O) groups excluding carboxylic acids is 3. The Balaban J connectivity index is 2.16. The highest BCUT2D eigenvalue weighted by atomic mass is 16.5. The molecule has 0 saturated carbocycles. The van der Waals surface area contributed by atoms with E-state index in [9.17, 15) is 14.4 Å². The maximum absolute atomic E-state index is 12.3. The van der Waals surface area contributed by atoms with Gasteiger partial charge in [-0.1, -0.05) is 6.07 Å². The van der Waals surface area contributed by atoms with Crippen molar-refractivity contribution < 1.29 is 23.9 Å². The van der Waals surface area contributed by atoms with Gasteiger partial charge in [-0.15, -0.1) is 0 Å². The van der Waals surface area contributed by atoms with Crippen molar-refractivity contribution in [3.63, 3.8) is 0 Å². The molecule has 1 heterocycles. The lowest BCUT2D eigenvalue weighted by Gasteiger charge is -2.29. The molecule has 2 rings (SSSR count). The number of hydrogen-bond donors (Lipinski definition) is 0. The number of morpholine rings is 1. The average Bonchev–Trinajstić information content (AvgIpc) is 2.59. The fourth-order valence-electron chi connectivity index (χ4n) is 2.35. The van der Waals surface area contributed by atoms with Crippen molar-refractivity contribution in [3.05, 3.63) is 29.8 Å². The summed E-state index contributed by atoms with van der Waals surface area (Å²) >= 11 is 0. The summed E-state index contributed by atoms with van der Waals surface area (Å²) in [6.45, 7) is 3.37. The van der Waals surface area contributed by atoms with Crippen molar-refractivity contribution in [3.8, 4) is 0 Å². The van der Waals surface area contributed by atoms with Crippen LogP contribution in [0.2, 0.25) is 0 Å². The number of benzene rings is 1. The van der Waals surface area contributed by atoms with Gasteiger partial charge in [0.15, 0.2) is 0 Å². The van der Waals surface area contributed by atoms with E-state index in [-0.39, 0.29) is 18.4 Å². The molecule has 7 nitrogen and oxygen atoms in total. The van der Waals surface area contributed by atoms with Crippen LogP contribution in [0.25, 0.3) is 0 Å². The summed E-state index contributed by atoms with van der Waals surface area (Å²) in [4.78, 5) is 38.9. The van der Waals surface area contributed by atoms with E-state index in [0.717, 1.165) is 0 Å². The molecule has 124 valence electrons. The van der Waals surface area contributed by atoms with Crippen molar-refractivity contribution in [2.45, 2.75) is 6.92 Å². The van der Waals surface area contributed by atoms with E-state index in [4.69, 9.17) is 4.74 Å². The zero-order chi connectivity index (χ0) is 16.8. The molecule has 0 bridgehead atoms. The molecule has 0 unspecified atom stereocenters. The van der Waals surface area contributed by atoms with Crippen LogP contribution >= 0.6 is 0 Å². The minimum atomic E-state index is -0.491. The Labute approximate surface area is 134 Å². The highest BCUT2D eigenvalue weighted by Crippen LogP contribution is 2.17. The molecule has 0 N–H and O–H groups in total. The number of carbonyl (C=O) groups is 3. The summed E-state index contributed by atoms with van der Waals surface area (Å²) in [5, 5.41) is 0. The van der Waals surface area contributed by atoms with Gasteiger partial charge in [0, 0.05) is 25.7 Å². The molecule has 0 spiro atoms. The summed E-state index contributed by atoms with van der Waals surface area (Å²) in [6.07, 6.45) is 0. The lowest BCUT2D eigenvalue weighted by Crippen LogP contribution is -2.46. The van der Waals surface area contributed by atoms with Crippen molar-refractivity contribution >= 4 is 23.5 Å². The molecular formula is C16H20N2O5. The largest absolute Gasteiger partial charge is 0.465 e. The summed E-state index contributed by atoms with van der Waals surface area (Å²) in [7, 11) is 1.29. The fraction of sp³-hybridized carbons (Fsp3) is 0.438. The van der Waals surface area contributed by atoms with Crippen LogP contribution in [0.3, 0.4) is 0 Å². The van der Waals surface area contributed by atoms with Crippen LogP contribution in [-0.2, 0) is 19.1 Å². The minimum Gasteiger partial charge on any atom is -0.465 e. The van der Waals surface area contributed by atoms with Crippen LogP contribution in [-0.4, -0.2) is 62.6 Å². The Morgan fingerprint density at radius 1 is 1.26 bits per heavy atom. The van der Waals surface area contributed by atoms with Gasteiger partial charge in [0.05, 0.1) is 25.9 Å². The molecule has 1 aliphatic heterocycles. The fourth-order valence-corrected chi connectivity index (χ4v) is 2.35. The van der Waals surface area contributed by atoms with Gasteiger partial charge in [0.25, 0.3) is 0 Å². The summed E-state index contributed by atoms with van der Waals surface area (Å²) in [6, 6.07) is 6.47. The SMILES string of the molecule is COC(=O)c1cccc(N(CC(=O)N2CCOCC2)C(C)=O)c1. The van der Waals surface area contributed by atoms with Crippen LogP contribution in [0.15, 0.2) is 24.3 Å². The number of rotatable bonds is 4. The lowest BCUT2D eigenvalue weighted by atomic mass is 10.2. The highest BCUT2D eigenvalue weighted by Gasteiger charge is 2.22. The molecule has 1 saturated heterocycles. The van der Waals surface area contributed by atoms with E-state index in [1.54, 1.807) is 29.2 Å². The molecule has 7 heteroatoms. The smallest absolute Gasteiger partial charge is 0.337 e. The number of hydrogen-bond acceptors (Lipinski definition) is 5. The molecule has 1 aliphatic rings. The van der Waals surface area contributed by atoms with Crippen LogP contribution in [0.5, 0.6) is 0 Å². The first-order valence-electron chi connectivity index (χ1n) is 7.35. The number of amides is 2. The van der Waals surface area contributed by atoms with Crippen LogP contribution in [0.1, 0.15) is 17.3 Å². The van der Waals surface area contributed by atoms with Crippen molar-refractivity contribution in [2.24, 2.45) is 0 Å². The number of esters is 1. The van der Waals surface area contributed by atoms with Gasteiger partial charge in [-0.25, -0.2) is 4.79 Å². The zero-order valence-corrected chi connectivity index (χ0v) is 13.3. The summed E-state index contributed by atoms with van der Waals surface area (Å²) in [5.41, 5.74) is 0.817. The molecule has 0 atom stereocenters. The van der Waals surface area contributed by atoms with Crippen molar-refractivity contribution in [1.82, 2.24) is 4.90 Å². The maximum atomic E-state index is 12.3. The molecule has 0 aromatic heterocycles. The first-order valence-corrected chi connectivity index (χ1v) is 7.35. The van der Waals surface area contributed by atoms with Crippen LogP contribution < -0.4 is 4.90 Å². The Kier molecular flexibility index (Phi) is 5.70. The first kappa shape index (κ1) is 17.0. The van der Waals surface area contributed by atoms with E-state index in [1.165, 1.54) is 18.9 Å². The third-order valence-electron chi connectivity index (χ3n) is 3.62. The second kappa shape index (κ2) is 7.73. The molecule has 1 aromatic rings. The van der Waals surface area contributed by atoms with Gasteiger partial charge in [0.1, 0.15) is 6.54 Å². The quantitative estimate of drug-likeness (QED) is 0.763. The standard InChI is InChI=1S/C16H20N2O5/c1-12(19)18(11-15(20)17-6-8-23-9-7-17)14-5-3-4-13(10-14)16(21)22-2/h3-5,10H,6-9,11H2,1-2H3. The van der Waals surface area contributed by atoms with Gasteiger partial charge in [0.2, 0.25) is 11.8 Å². The minimum absolute atomic E-state index is 0.0695. The molecular weight excluding hydrogens is 300 g/mol. The maximum Gasteiger partial charge on any atom is 0.337 e. The topological polar surface area (TPSA) is 76.2 Å². The first-order chi connectivity index (χ1) is 11.0. The Morgan fingerprint density at radius 3 is 2.57 bits per heavy atom. The second-order valence-electron chi connectivity index (χ2n) is 5.14. The normalized spacial score (nSPS) is 14.3. The summed E-state index contributed by atoms with van der Waals surface area (Å²) < 4.78 is 9.89. The highest BCUT2D eigenvalue weighted by molar-refractivity contribution is 5.99.